The Morgan fingerprint density at radius 1 is 1.21 bits per heavy atom. The number of nitrogens with zero attached hydrogens (tertiary/aromatic N) is 1. The summed E-state index contributed by atoms with van der Waals surface area (Å²) in [6.45, 7) is 2.76. The van der Waals surface area contributed by atoms with Gasteiger partial charge < -0.3 is 20.6 Å². The molecule has 1 aromatic rings. The Morgan fingerprint density at radius 3 is 2.86 bits per heavy atom. The Balaban J connectivity index is 1.49. The molecular formula is C20H26N4O4. The van der Waals surface area contributed by atoms with Crippen molar-refractivity contribution in [1.29, 1.82) is 0 Å². The van der Waals surface area contributed by atoms with Gasteiger partial charge in [-0.25, -0.2) is 0 Å². The Hall–Kier alpha value is -2.29. The van der Waals surface area contributed by atoms with E-state index in [0.29, 0.717) is 25.1 Å². The third kappa shape index (κ3) is 3.55. The van der Waals surface area contributed by atoms with E-state index in [1.54, 1.807) is 4.90 Å². The predicted molar refractivity (Wildman–Crippen MR) is 101 cm³/mol. The van der Waals surface area contributed by atoms with E-state index in [1.165, 1.54) is 0 Å². The molecule has 3 aliphatic rings. The number of amides is 3. The molecule has 0 radical (unpaired) electrons. The zero-order chi connectivity index (χ0) is 19.7. The molecule has 3 aliphatic heterocycles. The average Bonchev–Trinajstić information content (AvgIpc) is 3.03. The van der Waals surface area contributed by atoms with Crippen LogP contribution < -0.4 is 16.0 Å². The second-order valence-electron chi connectivity index (χ2n) is 7.77. The standard InChI is InChI=1S/C20H26N4O4/c25-11-14-6-7-21-9-15(14)22-8-12-2-1-3-13-10-24(20(28)18(12)13)16-4-5-17(26)23-19(16)27/h1-3,14-16,21-22,25H,4-11H2,(H,23,26,27). The number of nitrogens with one attached hydrogen (secondary N) is 3. The molecule has 0 spiro atoms. The van der Waals surface area contributed by atoms with Gasteiger partial charge in [-0.2, -0.15) is 0 Å². The first-order chi connectivity index (χ1) is 13.6. The molecule has 28 heavy (non-hydrogen) atoms. The van der Waals surface area contributed by atoms with Gasteiger partial charge in [-0.15, -0.1) is 0 Å². The van der Waals surface area contributed by atoms with Gasteiger partial charge in [0.05, 0.1) is 0 Å². The summed E-state index contributed by atoms with van der Waals surface area (Å²) in [4.78, 5) is 38.3. The van der Waals surface area contributed by atoms with Crippen molar-refractivity contribution in [2.75, 3.05) is 19.7 Å². The number of rotatable bonds is 5. The third-order valence-corrected chi connectivity index (χ3v) is 6.05. The summed E-state index contributed by atoms with van der Waals surface area (Å²) in [5, 5.41) is 18.7. The molecule has 4 N–H and O–H groups in total. The first-order valence-corrected chi connectivity index (χ1v) is 9.89. The molecule has 4 rings (SSSR count). The lowest BCUT2D eigenvalue weighted by molar-refractivity contribution is -0.136. The molecule has 2 saturated heterocycles. The summed E-state index contributed by atoms with van der Waals surface area (Å²) in [5.74, 6) is -0.623. The Bertz CT molecular complexity index is 796. The summed E-state index contributed by atoms with van der Waals surface area (Å²) in [7, 11) is 0. The SMILES string of the molecule is O=C1CCC(N2Cc3cccc(CNC4CNCCC4CO)c3C2=O)C(=O)N1. The van der Waals surface area contributed by atoms with Gasteiger partial charge in [-0.1, -0.05) is 18.2 Å². The maximum atomic E-state index is 13.1. The van der Waals surface area contributed by atoms with Gasteiger partial charge in [-0.05, 0) is 36.4 Å². The smallest absolute Gasteiger partial charge is 0.255 e. The zero-order valence-corrected chi connectivity index (χ0v) is 15.7. The number of benzene rings is 1. The zero-order valence-electron chi connectivity index (χ0n) is 15.7. The van der Waals surface area contributed by atoms with Crippen molar-refractivity contribution < 1.29 is 19.5 Å². The minimum absolute atomic E-state index is 0.147. The van der Waals surface area contributed by atoms with Gasteiger partial charge >= 0.3 is 0 Å². The van der Waals surface area contributed by atoms with E-state index < -0.39 is 11.9 Å². The number of fused-ring (bicyclic) bond motifs is 1. The van der Waals surface area contributed by atoms with Crippen molar-refractivity contribution in [3.05, 3.63) is 34.9 Å². The van der Waals surface area contributed by atoms with E-state index in [0.717, 1.165) is 30.6 Å². The van der Waals surface area contributed by atoms with Crippen molar-refractivity contribution in [2.45, 2.75) is 44.4 Å². The van der Waals surface area contributed by atoms with Crippen LogP contribution in [0.4, 0.5) is 0 Å². The molecule has 8 nitrogen and oxygen atoms in total. The molecule has 3 unspecified atom stereocenters. The van der Waals surface area contributed by atoms with Crippen molar-refractivity contribution in [1.82, 2.24) is 20.9 Å². The normalized spacial score (nSPS) is 27.7. The molecule has 1 aromatic carbocycles. The lowest BCUT2D eigenvalue weighted by atomic mass is 9.93. The van der Waals surface area contributed by atoms with E-state index in [-0.39, 0.29) is 36.8 Å². The topological polar surface area (TPSA) is 111 Å². The maximum absolute atomic E-state index is 13.1. The van der Waals surface area contributed by atoms with E-state index in [2.05, 4.69) is 16.0 Å². The molecule has 0 saturated carbocycles. The third-order valence-electron chi connectivity index (χ3n) is 6.05. The van der Waals surface area contributed by atoms with Gasteiger partial charge in [0, 0.05) is 44.3 Å². The van der Waals surface area contributed by atoms with Gasteiger partial charge in [0.1, 0.15) is 6.04 Å². The number of piperidine rings is 2. The Labute approximate surface area is 163 Å². The van der Waals surface area contributed by atoms with E-state index in [1.807, 2.05) is 18.2 Å². The van der Waals surface area contributed by atoms with E-state index in [4.69, 9.17) is 0 Å². The fourth-order valence-corrected chi connectivity index (χ4v) is 4.45. The molecule has 150 valence electrons. The Kier molecular flexibility index (Phi) is 5.43. The van der Waals surface area contributed by atoms with Crippen LogP contribution in [0.2, 0.25) is 0 Å². The summed E-state index contributed by atoms with van der Waals surface area (Å²) in [5.41, 5.74) is 2.47. The lowest BCUT2D eigenvalue weighted by Gasteiger charge is -2.32. The van der Waals surface area contributed by atoms with Gasteiger partial charge in [0.15, 0.2) is 0 Å². The second-order valence-corrected chi connectivity index (χ2v) is 7.77. The number of imide groups is 1. The molecule has 3 atom stereocenters. The highest BCUT2D eigenvalue weighted by Crippen LogP contribution is 2.30. The average molecular weight is 386 g/mol. The van der Waals surface area contributed by atoms with Crippen LogP contribution in [-0.4, -0.2) is 59.5 Å². The highest BCUT2D eigenvalue weighted by atomic mass is 16.3. The number of hydrogen-bond donors (Lipinski definition) is 4. The van der Waals surface area contributed by atoms with Crippen molar-refractivity contribution >= 4 is 17.7 Å². The summed E-state index contributed by atoms with van der Waals surface area (Å²) in [6.07, 6.45) is 1.54. The van der Waals surface area contributed by atoms with Crippen LogP contribution in [-0.2, 0) is 22.7 Å². The highest BCUT2D eigenvalue weighted by Gasteiger charge is 2.40. The second kappa shape index (κ2) is 7.98. The summed E-state index contributed by atoms with van der Waals surface area (Å²) < 4.78 is 0. The minimum Gasteiger partial charge on any atom is -0.396 e. The lowest BCUT2D eigenvalue weighted by Crippen LogP contribution is -2.52. The van der Waals surface area contributed by atoms with Crippen molar-refractivity contribution in [2.24, 2.45) is 5.92 Å². The summed E-state index contributed by atoms with van der Waals surface area (Å²) in [6, 6.07) is 5.33. The van der Waals surface area contributed by atoms with Gasteiger partial charge in [0.25, 0.3) is 5.91 Å². The van der Waals surface area contributed by atoms with Gasteiger partial charge in [0.2, 0.25) is 11.8 Å². The molecule has 0 aromatic heterocycles. The monoisotopic (exact) mass is 386 g/mol. The molecule has 8 heteroatoms. The van der Waals surface area contributed by atoms with Crippen LogP contribution in [0.15, 0.2) is 18.2 Å². The molecule has 2 fully saturated rings. The molecule has 0 bridgehead atoms. The number of carbonyl (C=O) groups excluding carboxylic acids is 3. The summed E-state index contributed by atoms with van der Waals surface area (Å²) >= 11 is 0. The van der Waals surface area contributed by atoms with Crippen LogP contribution in [0, 0.1) is 5.92 Å². The molecule has 3 heterocycles. The maximum Gasteiger partial charge on any atom is 0.255 e. The van der Waals surface area contributed by atoms with Crippen LogP contribution in [0.1, 0.15) is 40.7 Å². The number of carbonyl (C=O) groups is 3. The van der Waals surface area contributed by atoms with Crippen LogP contribution >= 0.6 is 0 Å². The molecule has 3 amide bonds. The van der Waals surface area contributed by atoms with Crippen molar-refractivity contribution in [3.63, 3.8) is 0 Å². The molecular weight excluding hydrogens is 360 g/mol. The molecule has 0 aliphatic carbocycles. The van der Waals surface area contributed by atoms with Crippen LogP contribution in [0.3, 0.4) is 0 Å². The van der Waals surface area contributed by atoms with Crippen LogP contribution in [0.25, 0.3) is 0 Å². The fraction of sp³-hybridized carbons (Fsp3) is 0.550. The predicted octanol–water partition coefficient (Wildman–Crippen LogP) is -0.492. The minimum atomic E-state index is -0.597. The van der Waals surface area contributed by atoms with E-state index >= 15 is 0 Å². The van der Waals surface area contributed by atoms with Gasteiger partial charge in [-0.3, -0.25) is 19.7 Å². The number of aliphatic hydroxyl groups excluding tert-OH is 1. The number of hydrogen-bond acceptors (Lipinski definition) is 6. The van der Waals surface area contributed by atoms with Crippen molar-refractivity contribution in [3.8, 4) is 0 Å². The largest absolute Gasteiger partial charge is 0.396 e. The highest BCUT2D eigenvalue weighted by molar-refractivity contribution is 6.05. The Morgan fingerprint density at radius 2 is 2.07 bits per heavy atom. The van der Waals surface area contributed by atoms with Crippen LogP contribution in [0.5, 0.6) is 0 Å². The van der Waals surface area contributed by atoms with E-state index in [9.17, 15) is 19.5 Å². The first kappa shape index (κ1) is 19.0. The first-order valence-electron chi connectivity index (χ1n) is 9.89. The quantitative estimate of drug-likeness (QED) is 0.508. The number of aliphatic hydroxyl groups is 1. The fourth-order valence-electron chi connectivity index (χ4n) is 4.45.